The third-order valence-electron chi connectivity index (χ3n) is 2.95. The molecule has 2 N–H and O–H groups in total. The molecule has 0 aliphatic rings. The van der Waals surface area contributed by atoms with Gasteiger partial charge in [0.25, 0.3) is 5.91 Å². The number of halogens is 2. The van der Waals surface area contributed by atoms with Gasteiger partial charge in [0, 0.05) is 17.6 Å². The Labute approximate surface area is 148 Å². The molecule has 5 nitrogen and oxygen atoms in total. The molecule has 23 heavy (non-hydrogen) atoms. The van der Waals surface area contributed by atoms with E-state index in [1.54, 1.807) is 36.4 Å². The summed E-state index contributed by atoms with van der Waals surface area (Å²) in [6.45, 7) is 0.231. The molecule has 0 heterocycles. The smallest absolute Gasteiger partial charge is 0.252 e. The largest absolute Gasteiger partial charge is 0.351 e. The Morgan fingerprint density at radius 3 is 2.35 bits per heavy atom. The lowest BCUT2D eigenvalue weighted by Gasteiger charge is -2.09. The van der Waals surface area contributed by atoms with Crippen LogP contribution in [0.5, 0.6) is 0 Å². The molecule has 0 aromatic heterocycles. The normalized spacial score (nSPS) is 11.2. The van der Waals surface area contributed by atoms with Crippen molar-refractivity contribution in [2.75, 3.05) is 13.1 Å². The number of benzene rings is 2. The number of carbonyl (C=O) groups excluding carboxylic acids is 1. The molecule has 2 rings (SSSR count). The monoisotopic (exact) mass is 416 g/mol. The van der Waals surface area contributed by atoms with Crippen molar-refractivity contribution in [1.29, 1.82) is 0 Å². The SMILES string of the molecule is O=C(NCCNS(=O)(=O)c1ccc(Br)cc1)c1ccccc1Cl. The summed E-state index contributed by atoms with van der Waals surface area (Å²) in [5.41, 5.74) is 0.352. The number of hydrogen-bond donors (Lipinski definition) is 2. The molecule has 122 valence electrons. The molecule has 2 aromatic rings. The van der Waals surface area contributed by atoms with Gasteiger partial charge in [-0.15, -0.1) is 0 Å². The highest BCUT2D eigenvalue weighted by atomic mass is 79.9. The fourth-order valence-corrected chi connectivity index (χ4v) is 3.32. The van der Waals surface area contributed by atoms with Crippen LogP contribution in [0.1, 0.15) is 10.4 Å². The van der Waals surface area contributed by atoms with Gasteiger partial charge >= 0.3 is 0 Å². The molecule has 0 unspecified atom stereocenters. The van der Waals surface area contributed by atoms with Gasteiger partial charge in [-0.2, -0.15) is 0 Å². The second kappa shape index (κ2) is 7.92. The van der Waals surface area contributed by atoms with Gasteiger partial charge < -0.3 is 5.32 Å². The number of amides is 1. The van der Waals surface area contributed by atoms with Crippen molar-refractivity contribution >= 4 is 43.5 Å². The second-order valence-electron chi connectivity index (χ2n) is 4.59. The van der Waals surface area contributed by atoms with Crippen LogP contribution >= 0.6 is 27.5 Å². The molecule has 0 aliphatic carbocycles. The zero-order valence-corrected chi connectivity index (χ0v) is 15.1. The molecule has 0 radical (unpaired) electrons. The van der Waals surface area contributed by atoms with Crippen molar-refractivity contribution in [1.82, 2.24) is 10.0 Å². The zero-order valence-electron chi connectivity index (χ0n) is 11.9. The van der Waals surface area contributed by atoms with E-state index in [1.807, 2.05) is 0 Å². The predicted molar refractivity (Wildman–Crippen MR) is 93.1 cm³/mol. The van der Waals surface area contributed by atoms with Crippen LogP contribution in [-0.2, 0) is 10.0 Å². The Bertz CT molecular complexity index is 795. The summed E-state index contributed by atoms with van der Waals surface area (Å²) in [5, 5.41) is 2.96. The van der Waals surface area contributed by atoms with Crippen LogP contribution < -0.4 is 10.0 Å². The van der Waals surface area contributed by atoms with Crippen LogP contribution in [0.4, 0.5) is 0 Å². The Morgan fingerprint density at radius 1 is 1.04 bits per heavy atom. The van der Waals surface area contributed by atoms with Crippen LogP contribution in [0.3, 0.4) is 0 Å². The van der Waals surface area contributed by atoms with Gasteiger partial charge in [0.05, 0.1) is 15.5 Å². The number of nitrogens with one attached hydrogen (secondary N) is 2. The molecule has 0 saturated heterocycles. The van der Waals surface area contributed by atoms with E-state index in [0.717, 1.165) is 4.47 Å². The standard InChI is InChI=1S/C15H14BrClN2O3S/c16-11-5-7-12(8-6-11)23(21,22)19-10-9-18-15(20)13-3-1-2-4-14(13)17/h1-8,19H,9-10H2,(H,18,20). The van der Waals surface area contributed by atoms with E-state index in [2.05, 4.69) is 26.0 Å². The molecular formula is C15H14BrClN2O3S. The summed E-state index contributed by atoms with van der Waals surface area (Å²) in [6, 6.07) is 12.9. The van der Waals surface area contributed by atoms with Gasteiger partial charge in [0.1, 0.15) is 0 Å². The summed E-state index contributed by atoms with van der Waals surface area (Å²) in [5.74, 6) is -0.349. The van der Waals surface area contributed by atoms with Crippen LogP contribution in [0, 0.1) is 0 Å². The lowest BCUT2D eigenvalue weighted by molar-refractivity contribution is 0.0954. The summed E-state index contributed by atoms with van der Waals surface area (Å²) in [4.78, 5) is 12.1. The maximum atomic E-state index is 12.1. The Morgan fingerprint density at radius 2 is 1.70 bits per heavy atom. The van der Waals surface area contributed by atoms with E-state index in [-0.39, 0.29) is 23.9 Å². The average Bonchev–Trinajstić information content (AvgIpc) is 2.52. The summed E-state index contributed by atoms with van der Waals surface area (Å²) in [7, 11) is -3.60. The van der Waals surface area contributed by atoms with Crippen LogP contribution in [-0.4, -0.2) is 27.4 Å². The lowest BCUT2D eigenvalue weighted by atomic mass is 10.2. The minimum Gasteiger partial charge on any atom is -0.351 e. The lowest BCUT2D eigenvalue weighted by Crippen LogP contribution is -2.34. The number of sulfonamides is 1. The first-order valence-electron chi connectivity index (χ1n) is 6.68. The van der Waals surface area contributed by atoms with Gasteiger partial charge in [-0.05, 0) is 36.4 Å². The molecule has 8 heteroatoms. The van der Waals surface area contributed by atoms with Crippen molar-refractivity contribution < 1.29 is 13.2 Å². The van der Waals surface area contributed by atoms with Crippen LogP contribution in [0.25, 0.3) is 0 Å². The van der Waals surface area contributed by atoms with Crippen molar-refractivity contribution in [3.05, 3.63) is 63.6 Å². The quantitative estimate of drug-likeness (QED) is 0.710. The average molecular weight is 418 g/mol. The molecule has 0 aliphatic heterocycles. The van der Waals surface area contributed by atoms with Gasteiger partial charge in [-0.1, -0.05) is 39.7 Å². The summed E-state index contributed by atoms with van der Waals surface area (Å²) >= 11 is 9.17. The van der Waals surface area contributed by atoms with E-state index in [0.29, 0.717) is 10.6 Å². The van der Waals surface area contributed by atoms with Crippen molar-refractivity contribution in [3.8, 4) is 0 Å². The highest BCUT2D eigenvalue weighted by Gasteiger charge is 2.13. The number of carbonyl (C=O) groups is 1. The van der Waals surface area contributed by atoms with E-state index >= 15 is 0 Å². The van der Waals surface area contributed by atoms with Crippen molar-refractivity contribution in [3.63, 3.8) is 0 Å². The third-order valence-corrected chi connectivity index (χ3v) is 5.28. The summed E-state index contributed by atoms with van der Waals surface area (Å²) < 4.78 is 27.3. The van der Waals surface area contributed by atoms with Gasteiger partial charge in [0.15, 0.2) is 0 Å². The molecule has 0 fully saturated rings. The Hall–Kier alpha value is -1.41. The maximum absolute atomic E-state index is 12.1. The van der Waals surface area contributed by atoms with Gasteiger partial charge in [-0.3, -0.25) is 4.79 Å². The molecule has 1 amide bonds. The molecule has 0 spiro atoms. The first-order valence-corrected chi connectivity index (χ1v) is 9.33. The minimum absolute atomic E-state index is 0.0780. The summed E-state index contributed by atoms with van der Waals surface area (Å²) in [6.07, 6.45) is 0. The molecule has 2 aromatic carbocycles. The maximum Gasteiger partial charge on any atom is 0.252 e. The molecule has 0 bridgehead atoms. The second-order valence-corrected chi connectivity index (χ2v) is 7.68. The first-order chi connectivity index (χ1) is 10.9. The van der Waals surface area contributed by atoms with E-state index < -0.39 is 10.0 Å². The number of rotatable bonds is 6. The first kappa shape index (κ1) is 17.9. The fourth-order valence-electron chi connectivity index (χ4n) is 1.80. The minimum atomic E-state index is -3.60. The van der Waals surface area contributed by atoms with Crippen LogP contribution in [0.2, 0.25) is 5.02 Å². The zero-order chi connectivity index (χ0) is 16.9. The Kier molecular flexibility index (Phi) is 6.17. The topological polar surface area (TPSA) is 75.3 Å². The third kappa shape index (κ3) is 5.04. The molecule has 0 atom stereocenters. The van der Waals surface area contributed by atoms with Crippen LogP contribution in [0.15, 0.2) is 57.9 Å². The highest BCUT2D eigenvalue weighted by Crippen LogP contribution is 2.15. The Balaban J connectivity index is 1.86. The molecule has 0 saturated carbocycles. The van der Waals surface area contributed by atoms with E-state index in [4.69, 9.17) is 11.6 Å². The predicted octanol–water partition coefficient (Wildman–Crippen LogP) is 2.81. The van der Waals surface area contributed by atoms with Crippen molar-refractivity contribution in [2.45, 2.75) is 4.90 Å². The highest BCUT2D eigenvalue weighted by molar-refractivity contribution is 9.10. The van der Waals surface area contributed by atoms with Gasteiger partial charge in [0.2, 0.25) is 10.0 Å². The number of hydrogen-bond acceptors (Lipinski definition) is 3. The fraction of sp³-hybridized carbons (Fsp3) is 0.133. The van der Waals surface area contributed by atoms with Crippen molar-refractivity contribution in [2.24, 2.45) is 0 Å². The van der Waals surface area contributed by atoms with Gasteiger partial charge in [-0.25, -0.2) is 13.1 Å². The molecular weight excluding hydrogens is 404 g/mol. The van der Waals surface area contributed by atoms with E-state index in [9.17, 15) is 13.2 Å². The van der Waals surface area contributed by atoms with E-state index in [1.165, 1.54) is 12.1 Å².